The Morgan fingerprint density at radius 2 is 2.09 bits per heavy atom. The molecule has 0 spiro atoms. The highest BCUT2D eigenvalue weighted by Gasteiger charge is 2.35. The van der Waals surface area contributed by atoms with Gasteiger partial charge in [-0.05, 0) is 50.7 Å². The molecule has 0 bridgehead atoms. The number of rotatable bonds is 5. The van der Waals surface area contributed by atoms with Crippen LogP contribution in [0.5, 0.6) is 17.2 Å². The third-order valence-corrected chi connectivity index (χ3v) is 4.46. The topological polar surface area (TPSA) is 48.0 Å². The molecule has 1 amide bonds. The van der Waals surface area contributed by atoms with E-state index >= 15 is 0 Å². The molecule has 0 saturated heterocycles. The van der Waals surface area contributed by atoms with Crippen LogP contribution < -0.4 is 14.2 Å². The molecule has 0 N–H and O–H groups in total. The number of benzene rings is 1. The summed E-state index contributed by atoms with van der Waals surface area (Å²) in [6, 6.07) is 5.77. The maximum atomic E-state index is 12.6. The van der Waals surface area contributed by atoms with E-state index in [1.54, 1.807) is 6.07 Å². The molecule has 4 rings (SSSR count). The average molecular weight is 315 g/mol. The van der Waals surface area contributed by atoms with Gasteiger partial charge < -0.3 is 19.1 Å². The summed E-state index contributed by atoms with van der Waals surface area (Å²) in [6.07, 6.45) is 8.91. The number of carbonyl (C=O) groups excluding carboxylic acids is 1. The SMILES string of the molecule is O=C(COc1ccc2c(c1)OCO2)N(C1=CCCCC1)C1CC1. The van der Waals surface area contributed by atoms with Crippen LogP contribution in [0.3, 0.4) is 0 Å². The Morgan fingerprint density at radius 1 is 1.22 bits per heavy atom. The molecule has 23 heavy (non-hydrogen) atoms. The maximum absolute atomic E-state index is 12.6. The number of carbonyl (C=O) groups is 1. The van der Waals surface area contributed by atoms with Gasteiger partial charge >= 0.3 is 0 Å². The third-order valence-electron chi connectivity index (χ3n) is 4.46. The molecule has 122 valence electrons. The van der Waals surface area contributed by atoms with Crippen molar-refractivity contribution in [1.82, 2.24) is 4.90 Å². The molecule has 1 aromatic carbocycles. The summed E-state index contributed by atoms with van der Waals surface area (Å²) in [6.45, 7) is 0.300. The van der Waals surface area contributed by atoms with E-state index in [4.69, 9.17) is 14.2 Å². The van der Waals surface area contributed by atoms with Crippen molar-refractivity contribution in [2.75, 3.05) is 13.4 Å². The lowest BCUT2D eigenvalue weighted by Gasteiger charge is -2.27. The zero-order chi connectivity index (χ0) is 15.6. The Balaban J connectivity index is 1.41. The Morgan fingerprint density at radius 3 is 2.87 bits per heavy atom. The van der Waals surface area contributed by atoms with Crippen LogP contribution in [0.2, 0.25) is 0 Å². The van der Waals surface area contributed by atoms with Gasteiger partial charge in [0.2, 0.25) is 6.79 Å². The molecule has 1 aliphatic heterocycles. The molecule has 2 aliphatic carbocycles. The van der Waals surface area contributed by atoms with Gasteiger partial charge in [-0.25, -0.2) is 0 Å². The molecule has 1 heterocycles. The van der Waals surface area contributed by atoms with Gasteiger partial charge in [0.05, 0.1) is 0 Å². The molecule has 0 unspecified atom stereocenters. The lowest BCUT2D eigenvalue weighted by Crippen LogP contribution is -2.36. The molecular formula is C18H21NO4. The van der Waals surface area contributed by atoms with E-state index in [1.807, 2.05) is 17.0 Å². The zero-order valence-electron chi connectivity index (χ0n) is 13.1. The van der Waals surface area contributed by atoms with Crippen LogP contribution in [0.1, 0.15) is 38.5 Å². The minimum Gasteiger partial charge on any atom is -0.484 e. The van der Waals surface area contributed by atoms with E-state index in [0.29, 0.717) is 17.5 Å². The van der Waals surface area contributed by atoms with Crippen molar-refractivity contribution in [2.24, 2.45) is 0 Å². The molecule has 0 radical (unpaired) electrons. The zero-order valence-corrected chi connectivity index (χ0v) is 13.1. The first-order chi connectivity index (χ1) is 11.3. The average Bonchev–Trinajstić information content (AvgIpc) is 3.30. The van der Waals surface area contributed by atoms with Gasteiger partial charge in [-0.3, -0.25) is 4.79 Å². The van der Waals surface area contributed by atoms with E-state index < -0.39 is 0 Å². The predicted molar refractivity (Wildman–Crippen MR) is 84.5 cm³/mol. The van der Waals surface area contributed by atoms with Crippen molar-refractivity contribution in [3.05, 3.63) is 30.0 Å². The summed E-state index contributed by atoms with van der Waals surface area (Å²) < 4.78 is 16.3. The highest BCUT2D eigenvalue weighted by Crippen LogP contribution is 2.36. The van der Waals surface area contributed by atoms with Gasteiger partial charge in [0, 0.05) is 17.8 Å². The molecular weight excluding hydrogens is 294 g/mol. The van der Waals surface area contributed by atoms with Gasteiger partial charge in [0.1, 0.15) is 5.75 Å². The summed E-state index contributed by atoms with van der Waals surface area (Å²) in [5, 5.41) is 0. The lowest BCUT2D eigenvalue weighted by molar-refractivity contribution is -0.132. The van der Waals surface area contributed by atoms with Gasteiger partial charge in [-0.1, -0.05) is 6.08 Å². The van der Waals surface area contributed by atoms with Crippen molar-refractivity contribution in [3.8, 4) is 17.2 Å². The molecule has 0 aromatic heterocycles. The monoisotopic (exact) mass is 315 g/mol. The Hall–Kier alpha value is -2.17. The number of amides is 1. The fourth-order valence-electron chi connectivity index (χ4n) is 3.15. The number of nitrogens with zero attached hydrogens (tertiary/aromatic N) is 1. The summed E-state index contributed by atoms with van der Waals surface area (Å²) >= 11 is 0. The lowest BCUT2D eigenvalue weighted by atomic mass is 10.0. The minimum atomic E-state index is 0.0540. The van der Waals surface area contributed by atoms with Crippen LogP contribution in [0.4, 0.5) is 0 Å². The Kier molecular flexibility index (Phi) is 3.85. The Labute approximate surface area is 135 Å². The van der Waals surface area contributed by atoms with Crippen molar-refractivity contribution in [2.45, 2.75) is 44.6 Å². The van der Waals surface area contributed by atoms with Crippen molar-refractivity contribution >= 4 is 5.91 Å². The summed E-state index contributed by atoms with van der Waals surface area (Å²) in [5.74, 6) is 2.08. The largest absolute Gasteiger partial charge is 0.484 e. The van der Waals surface area contributed by atoms with Crippen LogP contribution in [0, 0.1) is 0 Å². The summed E-state index contributed by atoms with van der Waals surface area (Å²) in [5.41, 5.74) is 1.19. The first-order valence-corrected chi connectivity index (χ1v) is 8.35. The fourth-order valence-corrected chi connectivity index (χ4v) is 3.15. The van der Waals surface area contributed by atoms with E-state index in [0.717, 1.165) is 31.4 Å². The van der Waals surface area contributed by atoms with Crippen LogP contribution >= 0.6 is 0 Å². The van der Waals surface area contributed by atoms with Crippen LogP contribution in [-0.4, -0.2) is 30.2 Å². The third kappa shape index (κ3) is 3.14. The van der Waals surface area contributed by atoms with Gasteiger partial charge in [-0.2, -0.15) is 0 Å². The highest BCUT2D eigenvalue weighted by atomic mass is 16.7. The fraction of sp³-hybridized carbons (Fsp3) is 0.500. The smallest absolute Gasteiger partial charge is 0.264 e. The van der Waals surface area contributed by atoms with Gasteiger partial charge in [0.15, 0.2) is 18.1 Å². The molecule has 3 aliphatic rings. The first-order valence-electron chi connectivity index (χ1n) is 8.35. The number of allylic oxidation sites excluding steroid dienone is 2. The van der Waals surface area contributed by atoms with Crippen LogP contribution in [-0.2, 0) is 4.79 Å². The maximum Gasteiger partial charge on any atom is 0.264 e. The normalized spacial score (nSPS) is 19.2. The summed E-state index contributed by atoms with van der Waals surface area (Å²) in [7, 11) is 0. The predicted octanol–water partition coefficient (Wildman–Crippen LogP) is 3.24. The molecule has 5 nitrogen and oxygen atoms in total. The molecule has 5 heteroatoms. The number of hydrogen-bond acceptors (Lipinski definition) is 4. The van der Waals surface area contributed by atoms with Crippen molar-refractivity contribution in [1.29, 1.82) is 0 Å². The minimum absolute atomic E-state index is 0.0540. The molecule has 1 aromatic rings. The van der Waals surface area contributed by atoms with Crippen LogP contribution in [0.25, 0.3) is 0 Å². The standard InChI is InChI=1S/C18H21NO4/c20-18(19(14-6-7-14)13-4-2-1-3-5-13)11-21-15-8-9-16-17(10-15)23-12-22-16/h4,8-10,14H,1-3,5-7,11-12H2. The molecule has 0 atom stereocenters. The van der Waals surface area contributed by atoms with Gasteiger partial charge in [-0.15, -0.1) is 0 Å². The van der Waals surface area contributed by atoms with Crippen LogP contribution in [0.15, 0.2) is 30.0 Å². The van der Waals surface area contributed by atoms with Crippen molar-refractivity contribution < 1.29 is 19.0 Å². The summed E-state index contributed by atoms with van der Waals surface area (Å²) in [4.78, 5) is 14.6. The number of ether oxygens (including phenoxy) is 3. The van der Waals surface area contributed by atoms with Gasteiger partial charge in [0.25, 0.3) is 5.91 Å². The van der Waals surface area contributed by atoms with E-state index in [2.05, 4.69) is 6.08 Å². The van der Waals surface area contributed by atoms with E-state index in [1.165, 1.54) is 18.5 Å². The van der Waals surface area contributed by atoms with E-state index in [-0.39, 0.29) is 19.3 Å². The second kappa shape index (κ2) is 6.14. The second-order valence-electron chi connectivity index (χ2n) is 6.24. The van der Waals surface area contributed by atoms with E-state index in [9.17, 15) is 4.79 Å². The van der Waals surface area contributed by atoms with Crippen molar-refractivity contribution in [3.63, 3.8) is 0 Å². The quantitative estimate of drug-likeness (QED) is 0.837. The molecule has 1 saturated carbocycles. The second-order valence-corrected chi connectivity index (χ2v) is 6.24. The number of fused-ring (bicyclic) bond motifs is 1. The molecule has 1 fully saturated rings. The first kappa shape index (κ1) is 14.4. The Bertz CT molecular complexity index is 636. The highest BCUT2D eigenvalue weighted by molar-refractivity contribution is 5.80. The number of hydrogen-bond donors (Lipinski definition) is 0.